The summed E-state index contributed by atoms with van der Waals surface area (Å²) in [5.41, 5.74) is 1.07. The molecule has 0 saturated carbocycles. The van der Waals surface area contributed by atoms with E-state index in [-0.39, 0.29) is 23.4 Å². The number of halogens is 3. The van der Waals surface area contributed by atoms with Gasteiger partial charge in [-0.15, -0.1) is 0 Å². The number of hydrogen-bond donors (Lipinski definition) is 0. The van der Waals surface area contributed by atoms with Crippen LogP contribution in [0.4, 0.5) is 20.2 Å². The van der Waals surface area contributed by atoms with Crippen LogP contribution in [0.1, 0.15) is 21.5 Å². The number of hydrogen-bond acceptors (Lipinski definition) is 5. The van der Waals surface area contributed by atoms with E-state index in [0.29, 0.717) is 16.3 Å². The highest BCUT2D eigenvalue weighted by atomic mass is 35.5. The van der Waals surface area contributed by atoms with E-state index in [1.807, 2.05) is 0 Å². The minimum absolute atomic E-state index is 0.0410. The monoisotopic (exact) mass is 530 g/mol. The molecule has 11 heteroatoms. The minimum atomic E-state index is -2.13. The van der Waals surface area contributed by atoms with Gasteiger partial charge < -0.3 is 9.64 Å². The zero-order chi connectivity index (χ0) is 25.8. The molecule has 1 spiro atoms. The fraction of sp³-hybridized carbons (Fsp3) is 0.160. The van der Waals surface area contributed by atoms with Gasteiger partial charge >= 0.3 is 5.97 Å². The molecule has 7 nitrogen and oxygen atoms in total. The first-order chi connectivity index (χ1) is 17.2. The topological polar surface area (TPSA) is 84.0 Å². The van der Waals surface area contributed by atoms with E-state index in [0.717, 1.165) is 23.1 Å². The number of benzene rings is 3. The molecule has 3 aromatic rings. The highest BCUT2D eigenvalue weighted by molar-refractivity contribution is 7.88. The Balaban J connectivity index is 1.74. The van der Waals surface area contributed by atoms with Crippen LogP contribution in [0.25, 0.3) is 0 Å². The van der Waals surface area contributed by atoms with E-state index in [2.05, 4.69) is 0 Å². The third-order valence-corrected chi connectivity index (χ3v) is 8.17. The fourth-order valence-electron chi connectivity index (χ4n) is 4.57. The number of amides is 2. The van der Waals surface area contributed by atoms with E-state index in [9.17, 15) is 27.4 Å². The summed E-state index contributed by atoms with van der Waals surface area (Å²) in [7, 11) is -0.942. The molecule has 0 N–H and O–H groups in total. The van der Waals surface area contributed by atoms with Gasteiger partial charge in [0.05, 0.1) is 35.7 Å². The highest BCUT2D eigenvalue weighted by Crippen LogP contribution is 2.51. The normalized spacial score (nSPS) is 20.8. The molecule has 2 unspecified atom stereocenters. The van der Waals surface area contributed by atoms with Gasteiger partial charge in [-0.3, -0.25) is 18.7 Å². The van der Waals surface area contributed by atoms with Crippen molar-refractivity contribution in [3.8, 4) is 0 Å². The molecule has 0 aromatic heterocycles. The van der Waals surface area contributed by atoms with Gasteiger partial charge in [-0.1, -0.05) is 23.7 Å². The summed E-state index contributed by atoms with van der Waals surface area (Å²) in [4.78, 5) is 39.7. The third kappa shape index (κ3) is 3.51. The van der Waals surface area contributed by atoms with Crippen LogP contribution >= 0.6 is 11.6 Å². The average molecular weight is 531 g/mol. The van der Waals surface area contributed by atoms with E-state index < -0.39 is 50.8 Å². The summed E-state index contributed by atoms with van der Waals surface area (Å²) in [6.07, 6.45) is 0. The predicted octanol–water partition coefficient (Wildman–Crippen LogP) is 3.90. The van der Waals surface area contributed by atoms with Crippen LogP contribution in [0.3, 0.4) is 0 Å². The molecule has 36 heavy (non-hydrogen) atoms. The molecule has 0 aliphatic carbocycles. The van der Waals surface area contributed by atoms with Crippen molar-refractivity contribution in [3.63, 3.8) is 0 Å². The molecular formula is C25H17ClF2N2O5S. The molecule has 0 bridgehead atoms. The van der Waals surface area contributed by atoms with Crippen molar-refractivity contribution in [2.24, 2.45) is 0 Å². The molecular weight excluding hydrogens is 514 g/mol. The highest BCUT2D eigenvalue weighted by Gasteiger charge is 2.65. The smallest absolute Gasteiger partial charge is 0.337 e. The molecule has 2 heterocycles. The third-order valence-electron chi connectivity index (χ3n) is 6.17. The largest absolute Gasteiger partial charge is 0.465 e. The van der Waals surface area contributed by atoms with Crippen LogP contribution in [0.5, 0.6) is 0 Å². The van der Waals surface area contributed by atoms with Crippen LogP contribution in [-0.4, -0.2) is 34.9 Å². The van der Waals surface area contributed by atoms with Crippen molar-refractivity contribution >= 4 is 51.6 Å². The van der Waals surface area contributed by atoms with Gasteiger partial charge in [0.25, 0.3) is 5.91 Å². The first-order valence-corrected chi connectivity index (χ1v) is 12.3. The minimum Gasteiger partial charge on any atom is -0.465 e. The second kappa shape index (κ2) is 8.79. The molecule has 2 amide bonds. The number of carbonyl (C=O) groups excluding carboxylic acids is 3. The maximum absolute atomic E-state index is 14.2. The Labute approximate surface area is 211 Å². The quantitative estimate of drug-likeness (QED) is 0.478. The zero-order valence-electron chi connectivity index (χ0n) is 18.7. The molecule has 2 aliphatic heterocycles. The number of esters is 1. The number of ether oxygens (including phenoxy) is 1. The van der Waals surface area contributed by atoms with E-state index in [1.165, 1.54) is 30.2 Å². The van der Waals surface area contributed by atoms with Crippen LogP contribution in [0, 0.1) is 11.6 Å². The summed E-state index contributed by atoms with van der Waals surface area (Å²) < 4.78 is 46.3. The number of methoxy groups -OCH3 is 1. The lowest BCUT2D eigenvalue weighted by molar-refractivity contribution is -0.123. The van der Waals surface area contributed by atoms with Gasteiger partial charge in [0.1, 0.15) is 5.75 Å². The Morgan fingerprint density at radius 3 is 2.44 bits per heavy atom. The van der Waals surface area contributed by atoms with Crippen molar-refractivity contribution in [3.05, 3.63) is 94.0 Å². The van der Waals surface area contributed by atoms with Gasteiger partial charge in [-0.05, 0) is 48.0 Å². The Morgan fingerprint density at radius 2 is 1.78 bits per heavy atom. The van der Waals surface area contributed by atoms with Crippen molar-refractivity contribution in [2.45, 2.75) is 11.4 Å². The molecule has 184 valence electrons. The van der Waals surface area contributed by atoms with Crippen LogP contribution in [-0.2, 0) is 36.5 Å². The summed E-state index contributed by atoms with van der Waals surface area (Å²) in [6.45, 7) is 0.0410. The van der Waals surface area contributed by atoms with Crippen LogP contribution in [0.15, 0.2) is 60.7 Å². The maximum Gasteiger partial charge on any atom is 0.337 e. The van der Waals surface area contributed by atoms with Gasteiger partial charge in [0.2, 0.25) is 10.8 Å². The predicted molar refractivity (Wildman–Crippen MR) is 129 cm³/mol. The standard InChI is InChI=1S/C25H17ClF2N2O5S/c1-35-23(32)15-4-9-21-18(10-15)25(24(33)29(21)12-14-2-5-16(26)6-3-14)30(22(31)13-36(25)34)17-7-8-19(27)20(28)11-17/h2-11H,12-13H2,1H3. The number of carbonyl (C=O) groups is 3. The molecule has 1 saturated heterocycles. The molecule has 3 aromatic carbocycles. The second-order valence-corrected chi connectivity index (χ2v) is 10.2. The number of fused-ring (bicyclic) bond motifs is 2. The Morgan fingerprint density at radius 1 is 1.06 bits per heavy atom. The van der Waals surface area contributed by atoms with Gasteiger partial charge in [-0.25, -0.2) is 13.6 Å². The van der Waals surface area contributed by atoms with E-state index >= 15 is 0 Å². The Kier molecular flexibility index (Phi) is 5.88. The van der Waals surface area contributed by atoms with E-state index in [4.69, 9.17) is 16.3 Å². The molecule has 5 rings (SSSR count). The van der Waals surface area contributed by atoms with Gasteiger partial charge in [-0.2, -0.15) is 0 Å². The zero-order valence-corrected chi connectivity index (χ0v) is 20.2. The summed E-state index contributed by atoms with van der Waals surface area (Å²) in [5.74, 6) is -5.03. The maximum atomic E-state index is 14.2. The number of anilines is 2. The molecule has 0 radical (unpaired) electrons. The number of nitrogens with zero attached hydrogens (tertiary/aromatic N) is 2. The molecule has 2 atom stereocenters. The first kappa shape index (κ1) is 24.1. The number of rotatable bonds is 4. The van der Waals surface area contributed by atoms with Crippen molar-refractivity contribution in [1.29, 1.82) is 0 Å². The summed E-state index contributed by atoms with van der Waals surface area (Å²) >= 11 is 5.98. The van der Waals surface area contributed by atoms with Crippen LogP contribution < -0.4 is 9.80 Å². The van der Waals surface area contributed by atoms with Crippen molar-refractivity contribution in [2.75, 3.05) is 22.7 Å². The summed E-state index contributed by atoms with van der Waals surface area (Å²) in [6, 6.07) is 13.8. The Bertz CT molecular complexity index is 1470. The lowest BCUT2D eigenvalue weighted by Gasteiger charge is -2.33. The lowest BCUT2D eigenvalue weighted by Crippen LogP contribution is -2.52. The van der Waals surface area contributed by atoms with Crippen LogP contribution in [0.2, 0.25) is 5.02 Å². The first-order valence-electron chi connectivity index (χ1n) is 10.6. The van der Waals surface area contributed by atoms with Gasteiger partial charge in [0, 0.05) is 22.3 Å². The van der Waals surface area contributed by atoms with Gasteiger partial charge in [0.15, 0.2) is 11.6 Å². The van der Waals surface area contributed by atoms with E-state index in [1.54, 1.807) is 24.3 Å². The Hall–Kier alpha value is -3.63. The fourth-order valence-corrected chi connectivity index (χ4v) is 6.38. The second-order valence-electron chi connectivity index (χ2n) is 8.20. The molecule has 2 aliphatic rings. The van der Waals surface area contributed by atoms with Crippen molar-refractivity contribution in [1.82, 2.24) is 0 Å². The lowest BCUT2D eigenvalue weighted by atomic mass is 10.0. The molecule has 1 fully saturated rings. The van der Waals surface area contributed by atoms with Crippen molar-refractivity contribution < 1.29 is 32.1 Å². The summed E-state index contributed by atoms with van der Waals surface area (Å²) in [5, 5.41) is 0.498. The SMILES string of the molecule is COC(=O)c1ccc2c(c1)C1(C(=O)N2Cc2ccc(Cl)cc2)N(c2ccc(F)c(F)c2)C(=O)CS1=O. The average Bonchev–Trinajstić information content (AvgIpc) is 3.27.